The maximum Gasteiger partial charge on any atom is 0.422 e. The van der Waals surface area contributed by atoms with Gasteiger partial charge >= 0.3 is 36.1 Å². The Hall–Kier alpha value is -5.83. The van der Waals surface area contributed by atoms with Crippen LogP contribution in [0.5, 0.6) is 11.5 Å². The van der Waals surface area contributed by atoms with Gasteiger partial charge in [0.2, 0.25) is 0 Å². The fraction of sp³-hybridized carbons (Fsp3) is 0.581. The van der Waals surface area contributed by atoms with Crippen LogP contribution in [0.4, 0.5) is 23.7 Å². The number of para-hydroxylation sites is 2. The van der Waals surface area contributed by atoms with Crippen LogP contribution in [-0.2, 0) is 65.2 Å². The number of benzene rings is 2. The van der Waals surface area contributed by atoms with Gasteiger partial charge < -0.3 is 58.2 Å². The van der Waals surface area contributed by atoms with Gasteiger partial charge in [0, 0.05) is 39.9 Å². The predicted octanol–water partition coefficient (Wildman–Crippen LogP) is 4.44. The Morgan fingerprint density at radius 1 is 0.891 bits per heavy atom. The number of nitrogens with two attached hydrogens (primary N) is 1. The van der Waals surface area contributed by atoms with Crippen LogP contribution in [0, 0.1) is 0 Å². The molecule has 0 saturated carbocycles. The van der Waals surface area contributed by atoms with E-state index in [1.54, 1.807) is 39.8 Å². The molecule has 0 unspecified atom stereocenters. The zero-order chi connectivity index (χ0) is 47.5. The largest absolute Gasteiger partial charge is 0.488 e. The van der Waals surface area contributed by atoms with Crippen molar-refractivity contribution in [1.29, 1.82) is 0 Å². The molecule has 1 fully saturated rings. The van der Waals surface area contributed by atoms with E-state index in [9.17, 15) is 41.9 Å². The molecule has 0 aromatic heterocycles. The van der Waals surface area contributed by atoms with Crippen molar-refractivity contribution < 1.29 is 84.6 Å². The predicted molar refractivity (Wildman–Crippen MR) is 218 cm³/mol. The molecule has 2 amide bonds. The number of rotatable bonds is 19. The molecule has 2 aliphatic rings. The standard InChI is InChI=1S/C43H56F3N3O15/c1-24(49(41(55)64-42(5,6)7)17-19-57-31-12-9-10-13-32(31)59-23-43(44,45)46)20-28-21-29-14-16-48(33(29)30(22-28)38(47)53)15-11-18-58-40-37(62-27(4)52)35(61-26(3)51)34(60-25(2)50)36(63-40)39(54)56-8/h9-10,12-13,21-22,24,34-37,40H,11,14-20,23H2,1-8H3,(H2,47,53)/t24-,34+,35+,36+,37-,40-/m1/s1. The van der Waals surface area contributed by atoms with Crippen LogP contribution >= 0.6 is 0 Å². The number of primary amides is 1. The first-order chi connectivity index (χ1) is 30.0. The average Bonchev–Trinajstić information content (AvgIpc) is 3.59. The Balaban J connectivity index is 1.48. The lowest BCUT2D eigenvalue weighted by atomic mass is 9.97. The molecule has 2 aromatic rings. The van der Waals surface area contributed by atoms with Gasteiger partial charge in [0.05, 0.1) is 31.5 Å². The van der Waals surface area contributed by atoms with E-state index in [-0.39, 0.29) is 43.2 Å². The number of anilines is 1. The number of halogens is 3. The van der Waals surface area contributed by atoms with Gasteiger partial charge in [0.25, 0.3) is 5.91 Å². The number of ether oxygens (including phenoxy) is 9. The average molecular weight is 912 g/mol. The second-order valence-corrected chi connectivity index (χ2v) is 16.1. The molecule has 1 saturated heterocycles. The Labute approximate surface area is 368 Å². The van der Waals surface area contributed by atoms with Gasteiger partial charge in [-0.1, -0.05) is 18.2 Å². The van der Waals surface area contributed by atoms with Crippen LogP contribution in [0.1, 0.15) is 76.4 Å². The van der Waals surface area contributed by atoms with Crippen LogP contribution in [0.15, 0.2) is 36.4 Å². The fourth-order valence-corrected chi connectivity index (χ4v) is 7.26. The molecule has 0 bridgehead atoms. The van der Waals surface area contributed by atoms with Crippen molar-refractivity contribution in [3.63, 3.8) is 0 Å². The third kappa shape index (κ3) is 14.6. The summed E-state index contributed by atoms with van der Waals surface area (Å²) >= 11 is 0. The van der Waals surface area contributed by atoms with Crippen molar-refractivity contribution in [3.8, 4) is 11.5 Å². The number of hydrogen-bond acceptors (Lipinski definition) is 16. The van der Waals surface area contributed by atoms with Crippen molar-refractivity contribution in [2.24, 2.45) is 5.73 Å². The minimum absolute atomic E-state index is 0.0127. The van der Waals surface area contributed by atoms with Gasteiger partial charge in [-0.2, -0.15) is 13.2 Å². The highest BCUT2D eigenvalue weighted by Crippen LogP contribution is 2.35. The lowest BCUT2D eigenvalue weighted by molar-refractivity contribution is -0.301. The fourth-order valence-electron chi connectivity index (χ4n) is 7.26. The van der Waals surface area contributed by atoms with Crippen LogP contribution in [0.2, 0.25) is 0 Å². The van der Waals surface area contributed by atoms with Crippen LogP contribution in [0.3, 0.4) is 0 Å². The van der Waals surface area contributed by atoms with Crippen LogP contribution in [0.25, 0.3) is 0 Å². The molecule has 2 aromatic carbocycles. The normalized spacial score (nSPS) is 20.0. The van der Waals surface area contributed by atoms with Gasteiger partial charge in [-0.3, -0.25) is 19.2 Å². The quantitative estimate of drug-likeness (QED) is 0.117. The summed E-state index contributed by atoms with van der Waals surface area (Å²) in [5.74, 6) is -4.17. The molecule has 6 atom stereocenters. The third-order valence-corrected chi connectivity index (χ3v) is 9.69. The number of amides is 2. The monoisotopic (exact) mass is 911 g/mol. The summed E-state index contributed by atoms with van der Waals surface area (Å²) < 4.78 is 87.7. The van der Waals surface area contributed by atoms with E-state index in [4.69, 9.17) is 48.4 Å². The van der Waals surface area contributed by atoms with Crippen molar-refractivity contribution in [2.45, 2.75) is 116 Å². The number of esters is 4. The summed E-state index contributed by atoms with van der Waals surface area (Å²) in [6, 6.07) is 8.95. The number of nitrogens with zero attached hydrogens (tertiary/aromatic N) is 2. The van der Waals surface area contributed by atoms with Crippen molar-refractivity contribution >= 4 is 41.6 Å². The molecule has 0 spiro atoms. The number of methoxy groups -OCH3 is 1. The SMILES string of the molecule is COC(=O)[C@H]1O[C@@H](OCCCN2CCc3cc(C[C@@H](C)N(CCOc4ccccc4OCC(F)(F)F)C(=O)OC(C)(C)C)cc(C(N)=O)c32)[C@H](OC(C)=O)[C@@H](OC(C)=O)[C@@H]1OC(C)=O. The summed E-state index contributed by atoms with van der Waals surface area (Å²) in [5, 5.41) is 0. The highest BCUT2D eigenvalue weighted by atomic mass is 19.4. The minimum Gasteiger partial charge on any atom is -0.488 e. The van der Waals surface area contributed by atoms with Gasteiger partial charge in [-0.25, -0.2) is 9.59 Å². The van der Waals surface area contributed by atoms with E-state index >= 15 is 0 Å². The molecular formula is C43H56F3N3O15. The summed E-state index contributed by atoms with van der Waals surface area (Å²) in [4.78, 5) is 78.9. The Morgan fingerprint density at radius 2 is 1.50 bits per heavy atom. The zero-order valence-electron chi connectivity index (χ0n) is 37.0. The van der Waals surface area contributed by atoms with Crippen LogP contribution < -0.4 is 20.1 Å². The van der Waals surface area contributed by atoms with Gasteiger partial charge in [-0.15, -0.1) is 0 Å². The van der Waals surface area contributed by atoms with E-state index in [0.29, 0.717) is 37.2 Å². The van der Waals surface area contributed by atoms with E-state index in [2.05, 4.69) is 0 Å². The first kappa shape index (κ1) is 50.8. The van der Waals surface area contributed by atoms with Crippen molar-refractivity contribution in [1.82, 2.24) is 4.90 Å². The Bertz CT molecular complexity index is 1990. The Morgan fingerprint density at radius 3 is 2.08 bits per heavy atom. The maximum atomic E-state index is 13.5. The molecule has 2 heterocycles. The van der Waals surface area contributed by atoms with E-state index in [1.165, 1.54) is 23.1 Å². The van der Waals surface area contributed by atoms with E-state index in [0.717, 1.165) is 33.4 Å². The summed E-state index contributed by atoms with van der Waals surface area (Å²) in [5.41, 5.74) is 7.46. The topological polar surface area (TPSA) is 218 Å². The lowest BCUT2D eigenvalue weighted by Crippen LogP contribution is -2.63. The second-order valence-electron chi connectivity index (χ2n) is 16.1. The lowest BCUT2D eigenvalue weighted by Gasteiger charge is -2.43. The highest BCUT2D eigenvalue weighted by Gasteiger charge is 2.55. The van der Waals surface area contributed by atoms with Gasteiger partial charge in [0.15, 0.2) is 48.8 Å². The number of carbonyl (C=O) groups is 6. The molecule has 4 rings (SSSR count). The second kappa shape index (κ2) is 22.2. The molecule has 2 N–H and O–H groups in total. The number of carbonyl (C=O) groups excluding carboxylic acids is 6. The first-order valence-corrected chi connectivity index (χ1v) is 20.5. The molecule has 21 heteroatoms. The molecule has 0 aliphatic carbocycles. The van der Waals surface area contributed by atoms with Gasteiger partial charge in [-0.05, 0) is 76.3 Å². The third-order valence-electron chi connectivity index (χ3n) is 9.69. The smallest absolute Gasteiger partial charge is 0.422 e. The number of alkyl halides is 3. The molecule has 18 nitrogen and oxygen atoms in total. The van der Waals surface area contributed by atoms with Crippen molar-refractivity contribution in [2.75, 3.05) is 51.5 Å². The molecule has 2 aliphatic heterocycles. The van der Waals surface area contributed by atoms with E-state index in [1.807, 2.05) is 11.0 Å². The summed E-state index contributed by atoms with van der Waals surface area (Å²) in [6.07, 6.45) is -11.7. The molecule has 0 radical (unpaired) electrons. The first-order valence-electron chi connectivity index (χ1n) is 20.5. The maximum absolute atomic E-state index is 13.5. The molecular weight excluding hydrogens is 855 g/mol. The molecule has 64 heavy (non-hydrogen) atoms. The molecule has 354 valence electrons. The van der Waals surface area contributed by atoms with Crippen LogP contribution in [-0.4, -0.2) is 136 Å². The van der Waals surface area contributed by atoms with Crippen molar-refractivity contribution in [3.05, 3.63) is 53.1 Å². The minimum atomic E-state index is -4.56. The number of fused-ring (bicyclic) bond motifs is 1. The summed E-state index contributed by atoms with van der Waals surface area (Å²) in [7, 11) is 1.08. The highest BCUT2D eigenvalue weighted by molar-refractivity contribution is 6.00. The number of hydrogen-bond donors (Lipinski definition) is 1. The van der Waals surface area contributed by atoms with Gasteiger partial charge in [0.1, 0.15) is 12.2 Å². The Kier molecular flexibility index (Phi) is 17.6. The van der Waals surface area contributed by atoms with E-state index < -0.39 is 91.0 Å². The summed E-state index contributed by atoms with van der Waals surface area (Å²) in [6.45, 7) is 9.33. The zero-order valence-corrected chi connectivity index (χ0v) is 37.0.